The second-order valence-corrected chi connectivity index (χ2v) is 2.70. The predicted octanol–water partition coefficient (Wildman–Crippen LogP) is 1.50. The van der Waals surface area contributed by atoms with Crippen LogP contribution < -0.4 is 0 Å². The Hall–Kier alpha value is -0.630. The largest absolute Gasteiger partial charge is 0.389 e. The van der Waals surface area contributed by atoms with Crippen LogP contribution in [0.1, 0.15) is 25.7 Å². The molecule has 0 spiro atoms. The van der Waals surface area contributed by atoms with E-state index in [4.69, 9.17) is 10.5 Å². The number of nitrogens with one attached hydrogen (secondary N) is 1. The van der Waals surface area contributed by atoms with E-state index < -0.39 is 0 Å². The van der Waals surface area contributed by atoms with Crippen molar-refractivity contribution in [2.75, 3.05) is 0 Å². The van der Waals surface area contributed by atoms with E-state index in [-0.39, 0.29) is 6.10 Å². The summed E-state index contributed by atoms with van der Waals surface area (Å²) < 4.78 is 0. The Morgan fingerprint density at radius 1 is 1.60 bits per heavy atom. The number of allylic oxidation sites excluding steroid dienone is 1. The van der Waals surface area contributed by atoms with Gasteiger partial charge in [-0.2, -0.15) is 0 Å². The van der Waals surface area contributed by atoms with Crippen LogP contribution in [0.5, 0.6) is 0 Å². The van der Waals surface area contributed by atoms with Gasteiger partial charge in [0.15, 0.2) is 0 Å². The van der Waals surface area contributed by atoms with Crippen molar-refractivity contribution < 1.29 is 5.11 Å². The highest BCUT2D eigenvalue weighted by Gasteiger charge is 2.03. The van der Waals surface area contributed by atoms with Crippen LogP contribution in [0, 0.1) is 5.41 Å². The van der Waals surface area contributed by atoms with E-state index in [1.807, 2.05) is 6.08 Å². The standard InChI is InChI=1S/C8H13NO/c9-7-3-1-5-8(10)6-2-4-7/h1,5,8-10H,2-4,6H2/b5-1-,9-7?. The summed E-state index contributed by atoms with van der Waals surface area (Å²) >= 11 is 0. The van der Waals surface area contributed by atoms with Crippen molar-refractivity contribution in [2.45, 2.75) is 31.8 Å². The average molecular weight is 139 g/mol. The van der Waals surface area contributed by atoms with Crippen LogP contribution >= 0.6 is 0 Å². The summed E-state index contributed by atoms with van der Waals surface area (Å²) in [5.41, 5.74) is 0.781. The molecule has 0 bridgehead atoms. The average Bonchev–Trinajstić information content (AvgIpc) is 1.84. The molecule has 1 aliphatic rings. The maximum atomic E-state index is 9.14. The molecule has 10 heavy (non-hydrogen) atoms. The van der Waals surface area contributed by atoms with Crippen LogP contribution in [0.2, 0.25) is 0 Å². The van der Waals surface area contributed by atoms with Gasteiger partial charge in [0.1, 0.15) is 0 Å². The van der Waals surface area contributed by atoms with E-state index in [1.165, 1.54) is 0 Å². The highest BCUT2D eigenvalue weighted by atomic mass is 16.3. The molecule has 2 heteroatoms. The van der Waals surface area contributed by atoms with E-state index >= 15 is 0 Å². The summed E-state index contributed by atoms with van der Waals surface area (Å²) in [6.45, 7) is 0. The van der Waals surface area contributed by atoms with E-state index in [1.54, 1.807) is 6.08 Å². The molecule has 0 fully saturated rings. The van der Waals surface area contributed by atoms with E-state index in [9.17, 15) is 0 Å². The Morgan fingerprint density at radius 3 is 3.20 bits per heavy atom. The zero-order valence-corrected chi connectivity index (χ0v) is 6.01. The number of aliphatic hydroxyl groups is 1. The van der Waals surface area contributed by atoms with E-state index in [2.05, 4.69) is 0 Å². The highest BCUT2D eigenvalue weighted by Crippen LogP contribution is 2.08. The Labute approximate surface area is 61.1 Å². The third kappa shape index (κ3) is 2.31. The first kappa shape index (κ1) is 7.48. The fourth-order valence-electron chi connectivity index (χ4n) is 1.09. The number of hydrogen-bond acceptors (Lipinski definition) is 2. The molecule has 1 rings (SSSR count). The van der Waals surface area contributed by atoms with Crippen molar-refractivity contribution in [3.05, 3.63) is 12.2 Å². The van der Waals surface area contributed by atoms with E-state index in [0.717, 1.165) is 31.4 Å². The van der Waals surface area contributed by atoms with Crippen LogP contribution in [-0.2, 0) is 0 Å². The van der Waals surface area contributed by atoms with Crippen molar-refractivity contribution in [3.8, 4) is 0 Å². The predicted molar refractivity (Wildman–Crippen MR) is 41.3 cm³/mol. The lowest BCUT2D eigenvalue weighted by Gasteiger charge is -2.08. The molecule has 0 aromatic heterocycles. The second kappa shape index (κ2) is 3.52. The Bertz CT molecular complexity index is 151. The molecule has 1 aliphatic carbocycles. The van der Waals surface area contributed by atoms with Crippen molar-refractivity contribution in [1.82, 2.24) is 0 Å². The number of hydrogen-bond donors (Lipinski definition) is 2. The summed E-state index contributed by atoms with van der Waals surface area (Å²) in [5, 5.41) is 16.5. The van der Waals surface area contributed by atoms with Gasteiger partial charge in [-0.3, -0.25) is 0 Å². The molecule has 0 aliphatic heterocycles. The first-order valence-electron chi connectivity index (χ1n) is 3.70. The van der Waals surface area contributed by atoms with Crippen molar-refractivity contribution >= 4 is 5.71 Å². The Balaban J connectivity index is 2.45. The molecule has 0 heterocycles. The first-order chi connectivity index (χ1) is 4.79. The van der Waals surface area contributed by atoms with Crippen LogP contribution in [0.15, 0.2) is 12.2 Å². The molecule has 0 radical (unpaired) electrons. The summed E-state index contributed by atoms with van der Waals surface area (Å²) in [6, 6.07) is 0. The smallest absolute Gasteiger partial charge is 0.0721 e. The van der Waals surface area contributed by atoms with Crippen LogP contribution in [0.3, 0.4) is 0 Å². The van der Waals surface area contributed by atoms with Gasteiger partial charge >= 0.3 is 0 Å². The van der Waals surface area contributed by atoms with E-state index in [0.29, 0.717) is 0 Å². The highest BCUT2D eigenvalue weighted by molar-refractivity contribution is 5.82. The molecule has 1 unspecified atom stereocenters. The van der Waals surface area contributed by atoms with Crippen molar-refractivity contribution in [2.24, 2.45) is 0 Å². The lowest BCUT2D eigenvalue weighted by atomic mass is 10.0. The molecule has 2 nitrogen and oxygen atoms in total. The third-order valence-electron chi connectivity index (χ3n) is 1.70. The fourth-order valence-corrected chi connectivity index (χ4v) is 1.09. The second-order valence-electron chi connectivity index (χ2n) is 2.70. The van der Waals surface area contributed by atoms with Crippen LogP contribution in [0.25, 0.3) is 0 Å². The van der Waals surface area contributed by atoms with Gasteiger partial charge in [-0.1, -0.05) is 12.2 Å². The van der Waals surface area contributed by atoms with Gasteiger partial charge < -0.3 is 10.5 Å². The number of aliphatic hydroxyl groups excluding tert-OH is 1. The Morgan fingerprint density at radius 2 is 2.40 bits per heavy atom. The molecule has 1 atom stereocenters. The van der Waals surface area contributed by atoms with Crippen molar-refractivity contribution in [1.29, 1.82) is 5.41 Å². The SMILES string of the molecule is N=C1C/C=C\C(O)CCC1. The first-order valence-corrected chi connectivity index (χ1v) is 3.70. The van der Waals surface area contributed by atoms with Gasteiger partial charge in [0.2, 0.25) is 0 Å². The zero-order valence-electron chi connectivity index (χ0n) is 6.01. The van der Waals surface area contributed by atoms with Gasteiger partial charge in [-0.15, -0.1) is 0 Å². The molecule has 0 aromatic carbocycles. The molecule has 56 valence electrons. The summed E-state index contributed by atoms with van der Waals surface area (Å²) in [7, 11) is 0. The minimum Gasteiger partial charge on any atom is -0.389 e. The van der Waals surface area contributed by atoms with Gasteiger partial charge in [-0.25, -0.2) is 0 Å². The topological polar surface area (TPSA) is 44.1 Å². The van der Waals surface area contributed by atoms with Gasteiger partial charge in [0, 0.05) is 12.1 Å². The van der Waals surface area contributed by atoms with Crippen LogP contribution in [0.4, 0.5) is 0 Å². The minimum atomic E-state index is -0.270. The van der Waals surface area contributed by atoms with Gasteiger partial charge in [-0.05, 0) is 19.3 Å². The zero-order chi connectivity index (χ0) is 7.40. The monoisotopic (exact) mass is 139 g/mol. The third-order valence-corrected chi connectivity index (χ3v) is 1.70. The van der Waals surface area contributed by atoms with Crippen molar-refractivity contribution in [3.63, 3.8) is 0 Å². The van der Waals surface area contributed by atoms with Gasteiger partial charge in [0.05, 0.1) is 6.10 Å². The molecular formula is C8H13NO. The quantitative estimate of drug-likeness (QED) is 0.491. The molecule has 0 amide bonds. The normalized spacial score (nSPS) is 30.9. The fraction of sp³-hybridized carbons (Fsp3) is 0.625. The molecular weight excluding hydrogens is 126 g/mol. The minimum absolute atomic E-state index is 0.270. The summed E-state index contributed by atoms with van der Waals surface area (Å²) in [5.74, 6) is 0. The molecule has 0 saturated carbocycles. The van der Waals surface area contributed by atoms with Crippen LogP contribution in [-0.4, -0.2) is 16.9 Å². The maximum Gasteiger partial charge on any atom is 0.0721 e. The maximum absolute atomic E-state index is 9.14. The lowest BCUT2D eigenvalue weighted by molar-refractivity contribution is 0.209. The molecule has 2 N–H and O–H groups in total. The molecule has 0 aromatic rings. The number of rotatable bonds is 0. The summed E-state index contributed by atoms with van der Waals surface area (Å²) in [4.78, 5) is 0. The summed E-state index contributed by atoms with van der Waals surface area (Å²) in [6.07, 6.45) is 6.72. The lowest BCUT2D eigenvalue weighted by Crippen LogP contribution is -2.07. The molecule has 0 saturated heterocycles. The van der Waals surface area contributed by atoms with Gasteiger partial charge in [0.25, 0.3) is 0 Å². The Kier molecular flexibility index (Phi) is 2.63.